The first-order valence-corrected chi connectivity index (χ1v) is 7.12. The standard InChI is InChI=1S/C13H11BrF3N3O/c14-9-4-3-7(5-8(9)13(15,16)17)12-19-11(20-21-12)10(18)6-1-2-6/h3-6,10H,1-2,18H2. The molecule has 0 radical (unpaired) electrons. The maximum Gasteiger partial charge on any atom is 0.417 e. The van der Waals surface area contributed by atoms with Crippen LogP contribution in [-0.2, 0) is 6.18 Å². The van der Waals surface area contributed by atoms with Crippen molar-refractivity contribution in [2.24, 2.45) is 11.7 Å². The van der Waals surface area contributed by atoms with Gasteiger partial charge in [-0.25, -0.2) is 0 Å². The molecule has 1 atom stereocenters. The summed E-state index contributed by atoms with van der Waals surface area (Å²) in [5, 5.41) is 3.76. The van der Waals surface area contributed by atoms with E-state index in [9.17, 15) is 13.2 Å². The molecule has 4 nitrogen and oxygen atoms in total. The second-order valence-corrected chi connectivity index (χ2v) is 5.87. The maximum atomic E-state index is 12.9. The van der Waals surface area contributed by atoms with Gasteiger partial charge in [0.05, 0.1) is 11.6 Å². The van der Waals surface area contributed by atoms with Gasteiger partial charge in [0.15, 0.2) is 5.82 Å². The Balaban J connectivity index is 1.93. The molecule has 1 aromatic heterocycles. The van der Waals surface area contributed by atoms with Gasteiger partial charge in [-0.15, -0.1) is 0 Å². The van der Waals surface area contributed by atoms with E-state index in [1.165, 1.54) is 12.1 Å². The maximum absolute atomic E-state index is 12.9. The summed E-state index contributed by atoms with van der Waals surface area (Å²) in [5.74, 6) is 0.717. The van der Waals surface area contributed by atoms with E-state index >= 15 is 0 Å². The number of rotatable bonds is 3. The molecule has 0 saturated heterocycles. The van der Waals surface area contributed by atoms with Crippen LogP contribution in [0.25, 0.3) is 11.5 Å². The Kier molecular flexibility index (Phi) is 3.53. The predicted octanol–water partition coefficient (Wildman–Crippen LogP) is 3.93. The van der Waals surface area contributed by atoms with Gasteiger partial charge in [-0.05, 0) is 37.0 Å². The van der Waals surface area contributed by atoms with E-state index in [2.05, 4.69) is 26.1 Å². The van der Waals surface area contributed by atoms with Crippen LogP contribution in [0.15, 0.2) is 27.2 Å². The van der Waals surface area contributed by atoms with Crippen LogP contribution in [0, 0.1) is 5.92 Å². The number of aromatic nitrogens is 2. The van der Waals surface area contributed by atoms with Crippen molar-refractivity contribution >= 4 is 15.9 Å². The molecular formula is C13H11BrF3N3O. The minimum atomic E-state index is -4.46. The minimum absolute atomic E-state index is 0.0341. The SMILES string of the molecule is NC(c1noc(-c2ccc(Br)c(C(F)(F)F)c2)n1)C1CC1. The third kappa shape index (κ3) is 2.96. The molecule has 1 unspecified atom stereocenters. The van der Waals surface area contributed by atoms with E-state index in [0.717, 1.165) is 18.9 Å². The normalized spacial score (nSPS) is 17.0. The molecule has 8 heteroatoms. The summed E-state index contributed by atoms with van der Waals surface area (Å²) in [5.41, 5.74) is 5.37. The molecule has 0 bridgehead atoms. The molecule has 1 aliphatic rings. The number of benzene rings is 1. The van der Waals surface area contributed by atoms with Crippen molar-refractivity contribution in [3.05, 3.63) is 34.1 Å². The molecule has 21 heavy (non-hydrogen) atoms. The summed E-state index contributed by atoms with van der Waals surface area (Å²) >= 11 is 2.89. The van der Waals surface area contributed by atoms with Gasteiger partial charge < -0.3 is 10.3 Å². The third-order valence-corrected chi connectivity index (χ3v) is 4.08. The van der Waals surface area contributed by atoms with Gasteiger partial charge in [-0.2, -0.15) is 18.2 Å². The molecule has 1 saturated carbocycles. The lowest BCUT2D eigenvalue weighted by Gasteiger charge is -2.09. The van der Waals surface area contributed by atoms with Crippen LogP contribution in [0.4, 0.5) is 13.2 Å². The molecule has 0 aliphatic heterocycles. The highest BCUT2D eigenvalue weighted by atomic mass is 79.9. The monoisotopic (exact) mass is 361 g/mol. The van der Waals surface area contributed by atoms with Crippen LogP contribution in [0.1, 0.15) is 30.3 Å². The number of hydrogen-bond acceptors (Lipinski definition) is 4. The Morgan fingerprint density at radius 2 is 2.05 bits per heavy atom. The molecule has 2 aromatic rings. The molecule has 0 amide bonds. The number of alkyl halides is 3. The fourth-order valence-corrected chi connectivity index (χ4v) is 2.50. The summed E-state index contributed by atoms with van der Waals surface area (Å²) in [6.45, 7) is 0. The predicted molar refractivity (Wildman–Crippen MR) is 72.1 cm³/mol. The van der Waals surface area contributed by atoms with Crippen molar-refractivity contribution in [1.29, 1.82) is 0 Å². The van der Waals surface area contributed by atoms with Gasteiger partial charge >= 0.3 is 6.18 Å². The van der Waals surface area contributed by atoms with E-state index in [-0.39, 0.29) is 22.0 Å². The fourth-order valence-electron chi connectivity index (χ4n) is 2.03. The first kappa shape index (κ1) is 14.5. The average Bonchev–Trinajstić information content (AvgIpc) is 3.15. The lowest BCUT2D eigenvalue weighted by atomic mass is 10.1. The van der Waals surface area contributed by atoms with Crippen LogP contribution in [-0.4, -0.2) is 10.1 Å². The van der Waals surface area contributed by atoms with Crippen molar-refractivity contribution in [3.8, 4) is 11.5 Å². The van der Waals surface area contributed by atoms with Crippen LogP contribution >= 0.6 is 15.9 Å². The molecule has 1 aromatic carbocycles. The van der Waals surface area contributed by atoms with Gasteiger partial charge in [-0.3, -0.25) is 0 Å². The summed E-state index contributed by atoms with van der Waals surface area (Å²) in [6.07, 6.45) is -2.43. The Morgan fingerprint density at radius 3 is 2.67 bits per heavy atom. The lowest BCUT2D eigenvalue weighted by molar-refractivity contribution is -0.138. The first-order chi connectivity index (χ1) is 9.86. The van der Waals surface area contributed by atoms with Gasteiger partial charge in [-0.1, -0.05) is 21.1 Å². The molecule has 1 heterocycles. The fraction of sp³-hybridized carbons (Fsp3) is 0.385. The Hall–Kier alpha value is -1.41. The van der Waals surface area contributed by atoms with E-state index in [1.54, 1.807) is 0 Å². The molecule has 3 rings (SSSR count). The smallest absolute Gasteiger partial charge is 0.334 e. The number of hydrogen-bond donors (Lipinski definition) is 1. The summed E-state index contributed by atoms with van der Waals surface area (Å²) in [4.78, 5) is 4.11. The Labute approximate surface area is 126 Å². The second-order valence-electron chi connectivity index (χ2n) is 5.01. The molecule has 1 aliphatic carbocycles. The largest absolute Gasteiger partial charge is 0.417 e. The Morgan fingerprint density at radius 1 is 1.33 bits per heavy atom. The highest BCUT2D eigenvalue weighted by Crippen LogP contribution is 2.40. The molecule has 1 fully saturated rings. The molecule has 2 N–H and O–H groups in total. The first-order valence-electron chi connectivity index (χ1n) is 6.32. The summed E-state index contributed by atoms with van der Waals surface area (Å²) < 4.78 is 43.6. The van der Waals surface area contributed by atoms with E-state index < -0.39 is 11.7 Å². The highest BCUT2D eigenvalue weighted by Gasteiger charge is 2.35. The topological polar surface area (TPSA) is 64.9 Å². The minimum Gasteiger partial charge on any atom is -0.334 e. The number of nitrogens with two attached hydrogens (primary N) is 1. The van der Waals surface area contributed by atoms with Crippen molar-refractivity contribution in [3.63, 3.8) is 0 Å². The van der Waals surface area contributed by atoms with Gasteiger partial charge in [0.2, 0.25) is 0 Å². The van der Waals surface area contributed by atoms with E-state index in [4.69, 9.17) is 10.3 Å². The third-order valence-electron chi connectivity index (χ3n) is 3.39. The molecular weight excluding hydrogens is 351 g/mol. The molecule has 112 valence electrons. The zero-order valence-corrected chi connectivity index (χ0v) is 12.3. The zero-order chi connectivity index (χ0) is 15.2. The van der Waals surface area contributed by atoms with Crippen LogP contribution in [0.5, 0.6) is 0 Å². The second kappa shape index (κ2) is 5.10. The van der Waals surface area contributed by atoms with Gasteiger partial charge in [0.1, 0.15) is 0 Å². The zero-order valence-electron chi connectivity index (χ0n) is 10.7. The summed E-state index contributed by atoms with van der Waals surface area (Å²) in [6, 6.07) is 3.45. The van der Waals surface area contributed by atoms with Crippen molar-refractivity contribution in [2.45, 2.75) is 25.1 Å². The number of halogens is 4. The van der Waals surface area contributed by atoms with Gasteiger partial charge in [0, 0.05) is 10.0 Å². The quantitative estimate of drug-likeness (QED) is 0.899. The van der Waals surface area contributed by atoms with Crippen molar-refractivity contribution < 1.29 is 17.7 Å². The van der Waals surface area contributed by atoms with E-state index in [1.807, 2.05) is 0 Å². The summed E-state index contributed by atoms with van der Waals surface area (Å²) in [7, 11) is 0. The van der Waals surface area contributed by atoms with Crippen LogP contribution < -0.4 is 5.73 Å². The van der Waals surface area contributed by atoms with Crippen molar-refractivity contribution in [2.75, 3.05) is 0 Å². The average molecular weight is 362 g/mol. The van der Waals surface area contributed by atoms with Crippen LogP contribution in [0.3, 0.4) is 0 Å². The van der Waals surface area contributed by atoms with Crippen molar-refractivity contribution in [1.82, 2.24) is 10.1 Å². The Bertz CT molecular complexity index is 667. The number of nitrogens with zero attached hydrogens (tertiary/aromatic N) is 2. The highest BCUT2D eigenvalue weighted by molar-refractivity contribution is 9.10. The van der Waals surface area contributed by atoms with Gasteiger partial charge in [0.25, 0.3) is 5.89 Å². The molecule has 0 spiro atoms. The van der Waals surface area contributed by atoms with Crippen LogP contribution in [0.2, 0.25) is 0 Å². The van der Waals surface area contributed by atoms with E-state index in [0.29, 0.717) is 11.7 Å². The lowest BCUT2D eigenvalue weighted by Crippen LogP contribution is -2.13.